The van der Waals surface area contributed by atoms with Crippen molar-refractivity contribution in [1.82, 2.24) is 5.32 Å². The highest BCUT2D eigenvalue weighted by Gasteiger charge is 2.72. The number of aliphatic carboxylic acids is 1. The average Bonchev–Trinajstić information content (AvgIpc) is 2.41. The fraction of sp³-hybridized carbons (Fsp3) is 0.600. The largest absolute Gasteiger partial charge is 0.480 e. The second kappa shape index (κ2) is 5.75. The SMILES string of the molecule is CCc1ccccc1C12CC(C(NC(=O)OC(C)(C)C)C(=O)O)(C1)C2. The topological polar surface area (TPSA) is 75.6 Å². The zero-order valence-corrected chi connectivity index (χ0v) is 15.4. The lowest BCUT2D eigenvalue weighted by atomic mass is 9.31. The molecule has 3 saturated carbocycles. The molecule has 0 heterocycles. The van der Waals surface area contributed by atoms with Crippen LogP contribution < -0.4 is 5.32 Å². The fourth-order valence-electron chi connectivity index (χ4n) is 4.71. The molecule has 5 nitrogen and oxygen atoms in total. The van der Waals surface area contributed by atoms with E-state index in [0.717, 1.165) is 25.7 Å². The van der Waals surface area contributed by atoms with E-state index in [-0.39, 0.29) is 10.8 Å². The molecule has 0 spiro atoms. The number of alkyl carbamates (subject to hydrolysis) is 1. The number of ether oxygens (including phenoxy) is 1. The predicted molar refractivity (Wildman–Crippen MR) is 94.6 cm³/mol. The van der Waals surface area contributed by atoms with Crippen LogP contribution in [-0.4, -0.2) is 28.8 Å². The highest BCUT2D eigenvalue weighted by molar-refractivity contribution is 5.82. The minimum absolute atomic E-state index is 0.0932. The van der Waals surface area contributed by atoms with Gasteiger partial charge in [0.25, 0.3) is 0 Å². The van der Waals surface area contributed by atoms with E-state index >= 15 is 0 Å². The van der Waals surface area contributed by atoms with E-state index in [4.69, 9.17) is 4.74 Å². The molecule has 0 aromatic heterocycles. The van der Waals surface area contributed by atoms with Gasteiger partial charge in [-0.25, -0.2) is 9.59 Å². The molecule has 1 amide bonds. The number of carboxylic acid groups (broad SMARTS) is 1. The van der Waals surface area contributed by atoms with Crippen molar-refractivity contribution in [2.45, 2.75) is 70.4 Å². The van der Waals surface area contributed by atoms with Gasteiger partial charge >= 0.3 is 12.1 Å². The van der Waals surface area contributed by atoms with Crippen molar-refractivity contribution in [2.24, 2.45) is 5.41 Å². The number of carbonyl (C=O) groups excluding carboxylic acids is 1. The first-order valence-electron chi connectivity index (χ1n) is 8.92. The first-order chi connectivity index (χ1) is 11.6. The Morgan fingerprint density at radius 2 is 1.84 bits per heavy atom. The number of aryl methyl sites for hydroxylation is 1. The quantitative estimate of drug-likeness (QED) is 0.854. The summed E-state index contributed by atoms with van der Waals surface area (Å²) in [5.41, 5.74) is 1.79. The monoisotopic (exact) mass is 345 g/mol. The Bertz CT molecular complexity index is 684. The first-order valence-corrected chi connectivity index (χ1v) is 8.92. The zero-order chi connectivity index (χ0) is 18.5. The van der Waals surface area contributed by atoms with Gasteiger partial charge in [0.15, 0.2) is 0 Å². The van der Waals surface area contributed by atoms with Gasteiger partial charge in [0.05, 0.1) is 0 Å². The molecule has 4 rings (SSSR count). The molecule has 1 unspecified atom stereocenters. The highest BCUT2D eigenvalue weighted by Crippen LogP contribution is 2.75. The van der Waals surface area contributed by atoms with Crippen LogP contribution in [0.15, 0.2) is 24.3 Å². The molecule has 3 aliphatic rings. The standard InChI is InChI=1S/C20H27NO4/c1-5-13-8-6-7-9-14(13)19-10-20(11-19,12-19)15(16(22)23)21-17(24)25-18(2,3)4/h6-9,15H,5,10-12H2,1-4H3,(H,21,24)(H,22,23). The van der Waals surface area contributed by atoms with Crippen LogP contribution in [0.25, 0.3) is 0 Å². The minimum atomic E-state index is -0.983. The molecule has 0 saturated heterocycles. The van der Waals surface area contributed by atoms with Gasteiger partial charge in [-0.3, -0.25) is 0 Å². The lowest BCUT2D eigenvalue weighted by molar-refractivity contribution is -0.183. The smallest absolute Gasteiger partial charge is 0.408 e. The molecule has 0 radical (unpaired) electrons. The van der Waals surface area contributed by atoms with E-state index in [2.05, 4.69) is 30.4 Å². The second-order valence-electron chi connectivity index (χ2n) is 8.60. The molecular weight excluding hydrogens is 318 g/mol. The van der Waals surface area contributed by atoms with Crippen molar-refractivity contribution >= 4 is 12.1 Å². The third-order valence-corrected chi connectivity index (χ3v) is 5.56. The van der Waals surface area contributed by atoms with Crippen LogP contribution in [0.4, 0.5) is 4.79 Å². The van der Waals surface area contributed by atoms with Crippen LogP contribution in [0.5, 0.6) is 0 Å². The van der Waals surface area contributed by atoms with Crippen LogP contribution in [-0.2, 0) is 21.4 Å². The lowest BCUT2D eigenvalue weighted by Crippen LogP contribution is -2.73. The van der Waals surface area contributed by atoms with E-state index in [0.29, 0.717) is 0 Å². The Morgan fingerprint density at radius 3 is 2.36 bits per heavy atom. The van der Waals surface area contributed by atoms with Crippen molar-refractivity contribution in [3.63, 3.8) is 0 Å². The second-order valence-corrected chi connectivity index (χ2v) is 8.60. The number of carbonyl (C=O) groups is 2. The van der Waals surface area contributed by atoms with Gasteiger partial charge in [0.1, 0.15) is 11.6 Å². The van der Waals surface area contributed by atoms with Crippen LogP contribution in [0.3, 0.4) is 0 Å². The number of nitrogens with one attached hydrogen (secondary N) is 1. The maximum absolute atomic E-state index is 12.0. The minimum Gasteiger partial charge on any atom is -0.480 e. The van der Waals surface area contributed by atoms with Gasteiger partial charge in [0, 0.05) is 5.41 Å². The van der Waals surface area contributed by atoms with Crippen molar-refractivity contribution in [2.75, 3.05) is 0 Å². The molecule has 3 fully saturated rings. The molecule has 1 aromatic carbocycles. The van der Waals surface area contributed by atoms with Gasteiger partial charge in [-0.2, -0.15) is 0 Å². The van der Waals surface area contributed by atoms with Gasteiger partial charge < -0.3 is 15.2 Å². The van der Waals surface area contributed by atoms with Crippen molar-refractivity contribution in [1.29, 1.82) is 0 Å². The summed E-state index contributed by atoms with van der Waals surface area (Å²) in [6.45, 7) is 7.43. The van der Waals surface area contributed by atoms with Crippen LogP contribution >= 0.6 is 0 Å². The van der Waals surface area contributed by atoms with E-state index in [1.165, 1.54) is 11.1 Å². The Hall–Kier alpha value is -2.04. The molecule has 0 aliphatic heterocycles. The Labute approximate surface area is 148 Å². The lowest BCUT2D eigenvalue weighted by Gasteiger charge is -2.73. The summed E-state index contributed by atoms with van der Waals surface area (Å²) in [5.74, 6) is -0.983. The number of rotatable bonds is 5. The van der Waals surface area contributed by atoms with E-state index in [1.54, 1.807) is 20.8 Å². The first kappa shape index (κ1) is 17.8. The molecule has 136 valence electrons. The van der Waals surface area contributed by atoms with Gasteiger partial charge in [-0.05, 0) is 63.0 Å². The normalized spacial score (nSPS) is 28.3. The van der Waals surface area contributed by atoms with Gasteiger partial charge in [0.2, 0.25) is 0 Å². The summed E-state index contributed by atoms with van der Waals surface area (Å²) >= 11 is 0. The number of carboxylic acids is 1. The third-order valence-electron chi connectivity index (χ3n) is 5.56. The number of hydrogen-bond donors (Lipinski definition) is 2. The summed E-state index contributed by atoms with van der Waals surface area (Å²) in [6.07, 6.45) is 2.74. The van der Waals surface area contributed by atoms with Crippen molar-refractivity contribution < 1.29 is 19.4 Å². The zero-order valence-electron chi connectivity index (χ0n) is 15.4. The van der Waals surface area contributed by atoms with Crippen LogP contribution in [0.1, 0.15) is 58.1 Å². The summed E-state index contributed by atoms with van der Waals surface area (Å²) in [6, 6.07) is 7.52. The number of hydrogen-bond acceptors (Lipinski definition) is 3. The molecule has 3 aliphatic carbocycles. The van der Waals surface area contributed by atoms with Crippen LogP contribution in [0, 0.1) is 5.41 Å². The molecule has 1 atom stereocenters. The molecule has 5 heteroatoms. The maximum Gasteiger partial charge on any atom is 0.408 e. The summed E-state index contributed by atoms with van der Waals surface area (Å²) < 4.78 is 5.23. The Balaban J connectivity index is 1.71. The predicted octanol–water partition coefficient (Wildman–Crippen LogP) is 3.65. The summed E-state index contributed by atoms with van der Waals surface area (Å²) in [5, 5.41) is 12.2. The highest BCUT2D eigenvalue weighted by atomic mass is 16.6. The maximum atomic E-state index is 12.0. The third kappa shape index (κ3) is 3.00. The Kier molecular flexibility index (Phi) is 4.09. The summed E-state index contributed by atoms with van der Waals surface area (Å²) in [7, 11) is 0. The van der Waals surface area contributed by atoms with Gasteiger partial charge in [-0.15, -0.1) is 0 Å². The average molecular weight is 345 g/mol. The molecular formula is C20H27NO4. The van der Waals surface area contributed by atoms with E-state index in [9.17, 15) is 14.7 Å². The molecule has 1 aromatic rings. The Morgan fingerprint density at radius 1 is 1.24 bits per heavy atom. The molecule has 25 heavy (non-hydrogen) atoms. The number of amides is 1. The van der Waals surface area contributed by atoms with Crippen molar-refractivity contribution in [3.05, 3.63) is 35.4 Å². The molecule has 2 N–H and O–H groups in total. The van der Waals surface area contributed by atoms with Gasteiger partial charge in [-0.1, -0.05) is 31.2 Å². The van der Waals surface area contributed by atoms with E-state index in [1.807, 2.05) is 6.07 Å². The van der Waals surface area contributed by atoms with Crippen molar-refractivity contribution in [3.8, 4) is 0 Å². The van der Waals surface area contributed by atoms with E-state index < -0.39 is 23.7 Å². The summed E-state index contributed by atoms with van der Waals surface area (Å²) in [4.78, 5) is 23.8. The molecule has 2 bridgehead atoms. The van der Waals surface area contributed by atoms with Crippen LogP contribution in [0.2, 0.25) is 0 Å². The fourth-order valence-corrected chi connectivity index (χ4v) is 4.71. The number of benzene rings is 1.